The van der Waals surface area contributed by atoms with E-state index < -0.39 is 17.1 Å². The summed E-state index contributed by atoms with van der Waals surface area (Å²) in [4.78, 5) is 38.9. The fourth-order valence-corrected chi connectivity index (χ4v) is 5.00. The summed E-state index contributed by atoms with van der Waals surface area (Å²) in [5.41, 5.74) is 4.51. The molecular weight excluding hydrogens is 504 g/mol. The Morgan fingerprint density at radius 3 is 2.52 bits per heavy atom. The summed E-state index contributed by atoms with van der Waals surface area (Å²) in [6.07, 6.45) is 1.53. The summed E-state index contributed by atoms with van der Waals surface area (Å²) in [5, 5.41) is 2.32. The van der Waals surface area contributed by atoms with Gasteiger partial charge in [-0.2, -0.15) is 0 Å². The van der Waals surface area contributed by atoms with Crippen LogP contribution in [-0.4, -0.2) is 28.5 Å². The predicted octanol–water partition coefficient (Wildman–Crippen LogP) is 6.31. The van der Waals surface area contributed by atoms with E-state index in [0.29, 0.717) is 17.2 Å². The lowest BCUT2D eigenvalue weighted by molar-refractivity contribution is -0.127. The van der Waals surface area contributed by atoms with Crippen molar-refractivity contribution in [3.63, 3.8) is 0 Å². The van der Waals surface area contributed by atoms with Gasteiger partial charge in [0.05, 0.1) is 4.91 Å². The van der Waals surface area contributed by atoms with E-state index in [1.54, 1.807) is 6.07 Å². The van der Waals surface area contributed by atoms with Gasteiger partial charge >= 0.3 is 0 Å². The molecule has 4 rings (SSSR count). The molecule has 0 spiro atoms. The first kappa shape index (κ1) is 23.1. The molecule has 33 heavy (non-hydrogen) atoms. The highest BCUT2D eigenvalue weighted by Crippen LogP contribution is 2.35. The average Bonchev–Trinajstić information content (AvgIpc) is 3.31. The number of carbonyl (C=O) groups is 3. The number of thioether (sulfide) groups is 1. The van der Waals surface area contributed by atoms with Crippen molar-refractivity contribution in [2.75, 3.05) is 11.9 Å². The Hall–Kier alpha value is -3.10. The third-order valence-electron chi connectivity index (χ3n) is 5.21. The minimum atomic E-state index is -0.517. The van der Waals surface area contributed by atoms with Gasteiger partial charge in [-0.25, -0.2) is 0 Å². The molecule has 6 nitrogen and oxygen atoms in total. The van der Waals surface area contributed by atoms with Crippen LogP contribution in [0.1, 0.15) is 22.5 Å². The lowest BCUT2D eigenvalue weighted by Crippen LogP contribution is -2.36. The molecule has 0 unspecified atom stereocenters. The van der Waals surface area contributed by atoms with Crippen LogP contribution in [-0.2, 0) is 9.59 Å². The van der Waals surface area contributed by atoms with Crippen molar-refractivity contribution in [1.82, 2.24) is 4.90 Å². The number of aryl methyl sites for hydroxylation is 3. The van der Waals surface area contributed by atoms with Crippen LogP contribution < -0.4 is 5.32 Å². The second kappa shape index (κ2) is 9.41. The summed E-state index contributed by atoms with van der Waals surface area (Å²) in [5.74, 6) is 0.139. The fourth-order valence-electron chi connectivity index (χ4n) is 3.49. The van der Waals surface area contributed by atoms with Crippen LogP contribution in [0.15, 0.2) is 62.3 Å². The van der Waals surface area contributed by atoms with Crippen LogP contribution in [0.25, 0.3) is 17.4 Å². The maximum atomic E-state index is 12.8. The summed E-state index contributed by atoms with van der Waals surface area (Å²) in [6, 6.07) is 15.1. The van der Waals surface area contributed by atoms with Crippen molar-refractivity contribution in [3.05, 3.63) is 80.4 Å². The lowest BCUT2D eigenvalue weighted by Gasteiger charge is -2.15. The van der Waals surface area contributed by atoms with E-state index in [2.05, 4.69) is 21.2 Å². The molecule has 1 aliphatic heterocycles. The van der Waals surface area contributed by atoms with Crippen LogP contribution in [0, 0.1) is 20.8 Å². The Morgan fingerprint density at radius 1 is 1.09 bits per heavy atom. The van der Waals surface area contributed by atoms with Gasteiger partial charge in [-0.1, -0.05) is 40.2 Å². The van der Waals surface area contributed by atoms with E-state index in [1.165, 1.54) is 6.08 Å². The minimum absolute atomic E-state index is 0.212. The third kappa shape index (κ3) is 4.96. The maximum Gasteiger partial charge on any atom is 0.294 e. The molecule has 0 atom stereocenters. The van der Waals surface area contributed by atoms with Crippen molar-refractivity contribution in [1.29, 1.82) is 0 Å². The second-order valence-corrected chi connectivity index (χ2v) is 9.62. The zero-order valence-corrected chi connectivity index (χ0v) is 20.7. The first-order chi connectivity index (χ1) is 15.7. The van der Waals surface area contributed by atoms with Crippen molar-refractivity contribution < 1.29 is 18.8 Å². The van der Waals surface area contributed by atoms with Crippen LogP contribution in [0.4, 0.5) is 10.5 Å². The summed E-state index contributed by atoms with van der Waals surface area (Å²) in [6.45, 7) is 5.42. The number of imide groups is 1. The van der Waals surface area contributed by atoms with Crippen LogP contribution in [0.2, 0.25) is 0 Å². The molecule has 1 N–H and O–H groups in total. The molecule has 3 amide bonds. The van der Waals surface area contributed by atoms with Crippen molar-refractivity contribution in [2.45, 2.75) is 20.8 Å². The number of para-hydroxylation sites is 1. The predicted molar refractivity (Wildman–Crippen MR) is 134 cm³/mol. The summed E-state index contributed by atoms with van der Waals surface area (Å²) < 4.78 is 6.78. The molecule has 1 aliphatic rings. The standard InChI is InChI=1S/C25H21BrN2O4S/c1-14-7-9-18(19(26)11-14)20-10-8-17(32-20)12-21-24(30)28(25(31)33-21)13-22(29)27-23-15(2)5-4-6-16(23)3/h4-12H,13H2,1-3H3,(H,27,29)/b21-12-. The minimum Gasteiger partial charge on any atom is -0.457 e. The molecule has 0 bridgehead atoms. The van der Waals surface area contributed by atoms with Gasteiger partial charge in [-0.05, 0) is 73.5 Å². The van der Waals surface area contributed by atoms with Gasteiger partial charge < -0.3 is 9.73 Å². The van der Waals surface area contributed by atoms with Gasteiger partial charge in [0.25, 0.3) is 11.1 Å². The Kier molecular flexibility index (Phi) is 6.58. The third-order valence-corrected chi connectivity index (χ3v) is 6.77. The lowest BCUT2D eigenvalue weighted by atomic mass is 10.1. The highest BCUT2D eigenvalue weighted by Gasteiger charge is 2.36. The molecule has 0 saturated carbocycles. The highest BCUT2D eigenvalue weighted by molar-refractivity contribution is 9.10. The monoisotopic (exact) mass is 524 g/mol. The maximum absolute atomic E-state index is 12.8. The number of furan rings is 1. The van der Waals surface area contributed by atoms with E-state index in [4.69, 9.17) is 4.42 Å². The zero-order valence-electron chi connectivity index (χ0n) is 18.3. The Morgan fingerprint density at radius 2 is 1.82 bits per heavy atom. The Labute approximate surface area is 204 Å². The van der Waals surface area contributed by atoms with Crippen LogP contribution in [0.3, 0.4) is 0 Å². The van der Waals surface area contributed by atoms with Gasteiger partial charge in [-0.15, -0.1) is 0 Å². The van der Waals surface area contributed by atoms with Crippen molar-refractivity contribution in [2.24, 2.45) is 0 Å². The van der Waals surface area contributed by atoms with Crippen LogP contribution in [0.5, 0.6) is 0 Å². The molecule has 1 fully saturated rings. The molecular formula is C25H21BrN2O4S. The number of nitrogens with zero attached hydrogens (tertiary/aromatic N) is 1. The van der Waals surface area contributed by atoms with E-state index in [9.17, 15) is 14.4 Å². The normalized spacial score (nSPS) is 14.9. The average molecular weight is 525 g/mol. The van der Waals surface area contributed by atoms with Crippen LogP contribution >= 0.6 is 27.7 Å². The largest absolute Gasteiger partial charge is 0.457 e. The molecule has 0 aliphatic carbocycles. The SMILES string of the molecule is Cc1ccc(-c2ccc(/C=C3\SC(=O)N(CC(=O)Nc4c(C)cccc4C)C3=O)o2)c(Br)c1. The van der Waals surface area contributed by atoms with Crippen molar-refractivity contribution in [3.8, 4) is 11.3 Å². The summed E-state index contributed by atoms with van der Waals surface area (Å²) in [7, 11) is 0. The Balaban J connectivity index is 1.48. The summed E-state index contributed by atoms with van der Waals surface area (Å²) >= 11 is 4.33. The van der Waals surface area contributed by atoms with Gasteiger partial charge in [0.1, 0.15) is 18.1 Å². The fraction of sp³-hybridized carbons (Fsp3) is 0.160. The molecule has 8 heteroatoms. The number of hydrogen-bond donors (Lipinski definition) is 1. The van der Waals surface area contributed by atoms with E-state index >= 15 is 0 Å². The molecule has 1 saturated heterocycles. The van der Waals surface area contributed by atoms with E-state index in [-0.39, 0.29) is 11.4 Å². The quantitative estimate of drug-likeness (QED) is 0.395. The molecule has 3 aromatic rings. The van der Waals surface area contributed by atoms with Gasteiger partial charge in [-0.3, -0.25) is 19.3 Å². The Bertz CT molecular complexity index is 1290. The molecule has 2 aromatic carbocycles. The van der Waals surface area contributed by atoms with Gasteiger partial charge in [0.15, 0.2) is 0 Å². The molecule has 168 valence electrons. The molecule has 0 radical (unpaired) electrons. The number of halogens is 1. The van der Waals surface area contributed by atoms with Gasteiger partial charge in [0.2, 0.25) is 5.91 Å². The number of nitrogens with one attached hydrogen (secondary N) is 1. The number of hydrogen-bond acceptors (Lipinski definition) is 5. The zero-order chi connectivity index (χ0) is 23.7. The van der Waals surface area contributed by atoms with Gasteiger partial charge in [0, 0.05) is 21.8 Å². The highest BCUT2D eigenvalue weighted by atomic mass is 79.9. The smallest absolute Gasteiger partial charge is 0.294 e. The van der Waals surface area contributed by atoms with E-state index in [1.807, 2.05) is 63.2 Å². The number of carbonyl (C=O) groups excluding carboxylic acids is 3. The first-order valence-corrected chi connectivity index (χ1v) is 11.8. The second-order valence-electron chi connectivity index (χ2n) is 7.77. The molecule has 2 heterocycles. The molecule has 1 aromatic heterocycles. The van der Waals surface area contributed by atoms with E-state index in [0.717, 1.165) is 43.4 Å². The van der Waals surface area contributed by atoms with Crippen molar-refractivity contribution >= 4 is 56.5 Å². The number of anilines is 1. The number of amides is 3. The topological polar surface area (TPSA) is 79.6 Å². The number of benzene rings is 2. The number of rotatable bonds is 5. The first-order valence-electron chi connectivity index (χ1n) is 10.2.